The molecule has 2 aromatic rings. The summed E-state index contributed by atoms with van der Waals surface area (Å²) in [5.74, 6) is -0.241. The lowest BCUT2D eigenvalue weighted by Gasteiger charge is -1.90. The second-order valence-electron chi connectivity index (χ2n) is 2.13. The monoisotopic (exact) mass is 215 g/mol. The second kappa shape index (κ2) is 4.48. The summed E-state index contributed by atoms with van der Waals surface area (Å²) in [5, 5.41) is 2.44. The van der Waals surface area contributed by atoms with Crippen molar-refractivity contribution < 1.29 is 4.39 Å². The van der Waals surface area contributed by atoms with Crippen LogP contribution >= 0.6 is 23.6 Å². The molecule has 0 unspecified atom stereocenters. The molecule has 1 N–H and O–H groups in total. The van der Waals surface area contributed by atoms with Crippen molar-refractivity contribution in [3.8, 4) is 0 Å². The SMILES string of the molecule is CC.Fc1c[nH]c(=S)c2sccc12. The Bertz CT molecular complexity index is 444. The standard InChI is InChI=1S/C7H4FNS2.C2H6/c8-5-3-9-7(10)6-4(5)1-2-11-6;1-2/h1-3H,(H,9,10);1-2H3. The molecule has 0 amide bonds. The maximum Gasteiger partial charge on any atom is 0.147 e. The normalized spacial score (nSPS) is 9.46. The Balaban J connectivity index is 0.000000396. The zero-order chi connectivity index (χ0) is 9.84. The number of fused-ring (bicyclic) bond motifs is 1. The van der Waals surface area contributed by atoms with Gasteiger partial charge in [0.25, 0.3) is 0 Å². The number of aromatic amines is 1. The number of nitrogens with one attached hydrogen (secondary N) is 1. The number of rotatable bonds is 0. The molecule has 2 rings (SSSR count). The fraction of sp³-hybridized carbons (Fsp3) is 0.222. The third kappa shape index (κ3) is 1.95. The number of thiophene rings is 1. The van der Waals surface area contributed by atoms with Gasteiger partial charge in [0.15, 0.2) is 0 Å². The van der Waals surface area contributed by atoms with Crippen LogP contribution in [-0.4, -0.2) is 4.98 Å². The van der Waals surface area contributed by atoms with Crippen LogP contribution in [0.15, 0.2) is 17.6 Å². The molecule has 0 fully saturated rings. The average molecular weight is 215 g/mol. The first kappa shape index (κ1) is 10.3. The third-order valence-corrected chi connectivity index (χ3v) is 2.84. The van der Waals surface area contributed by atoms with Crippen molar-refractivity contribution in [2.24, 2.45) is 0 Å². The maximum atomic E-state index is 12.9. The molecule has 0 bridgehead atoms. The molecular formula is C9H10FNS2. The van der Waals surface area contributed by atoms with E-state index in [0.29, 0.717) is 10.0 Å². The third-order valence-electron chi connectivity index (χ3n) is 1.46. The molecule has 1 nitrogen and oxygen atoms in total. The van der Waals surface area contributed by atoms with Gasteiger partial charge in [-0.3, -0.25) is 0 Å². The fourth-order valence-corrected chi connectivity index (χ4v) is 2.06. The maximum absolute atomic E-state index is 12.9. The van der Waals surface area contributed by atoms with Crippen LogP contribution in [0.3, 0.4) is 0 Å². The van der Waals surface area contributed by atoms with E-state index in [9.17, 15) is 4.39 Å². The smallest absolute Gasteiger partial charge is 0.147 e. The summed E-state index contributed by atoms with van der Waals surface area (Å²) in [4.78, 5) is 2.68. The molecule has 0 atom stereocenters. The highest BCUT2D eigenvalue weighted by Gasteiger charge is 2.01. The average Bonchev–Trinajstić information content (AvgIpc) is 2.64. The highest BCUT2D eigenvalue weighted by Crippen LogP contribution is 2.22. The molecule has 70 valence electrons. The van der Waals surface area contributed by atoms with Crippen molar-refractivity contribution in [3.05, 3.63) is 28.1 Å². The van der Waals surface area contributed by atoms with Crippen molar-refractivity contribution in [3.63, 3.8) is 0 Å². The molecule has 0 aliphatic heterocycles. The second-order valence-corrected chi connectivity index (χ2v) is 3.45. The van der Waals surface area contributed by atoms with Crippen molar-refractivity contribution >= 4 is 33.6 Å². The quantitative estimate of drug-likeness (QED) is 0.653. The number of aromatic nitrogens is 1. The van der Waals surface area contributed by atoms with E-state index >= 15 is 0 Å². The van der Waals surface area contributed by atoms with E-state index in [0.717, 1.165) is 4.70 Å². The highest BCUT2D eigenvalue weighted by molar-refractivity contribution is 7.71. The summed E-state index contributed by atoms with van der Waals surface area (Å²) in [6.45, 7) is 4.00. The van der Waals surface area contributed by atoms with Gasteiger partial charge in [0, 0.05) is 11.6 Å². The van der Waals surface area contributed by atoms with Crippen molar-refractivity contribution in [2.45, 2.75) is 13.8 Å². The van der Waals surface area contributed by atoms with Gasteiger partial charge in [-0.1, -0.05) is 26.1 Å². The van der Waals surface area contributed by atoms with Gasteiger partial charge in [-0.05, 0) is 11.4 Å². The lowest BCUT2D eigenvalue weighted by Crippen LogP contribution is -1.78. The minimum absolute atomic E-state index is 0.241. The van der Waals surface area contributed by atoms with Crippen LogP contribution in [0.2, 0.25) is 0 Å². The molecular weight excluding hydrogens is 205 g/mol. The first-order valence-corrected chi connectivity index (χ1v) is 5.32. The zero-order valence-electron chi connectivity index (χ0n) is 7.43. The molecule has 2 aromatic heterocycles. The van der Waals surface area contributed by atoms with E-state index in [4.69, 9.17) is 12.2 Å². The largest absolute Gasteiger partial charge is 0.349 e. The first-order valence-electron chi connectivity index (χ1n) is 4.03. The molecule has 2 heterocycles. The van der Waals surface area contributed by atoms with E-state index in [1.54, 1.807) is 6.07 Å². The molecule has 13 heavy (non-hydrogen) atoms. The van der Waals surface area contributed by atoms with Gasteiger partial charge >= 0.3 is 0 Å². The Morgan fingerprint density at radius 2 is 2.15 bits per heavy atom. The Kier molecular flexibility index (Phi) is 3.57. The number of halogens is 1. The Labute approximate surface area is 85.2 Å². The summed E-state index contributed by atoms with van der Waals surface area (Å²) in [6.07, 6.45) is 1.29. The summed E-state index contributed by atoms with van der Waals surface area (Å²) >= 11 is 6.41. The predicted octanol–water partition coefficient (Wildman–Crippen LogP) is 4.12. The minimum atomic E-state index is -0.241. The van der Waals surface area contributed by atoms with Gasteiger partial charge in [0.1, 0.15) is 10.5 Å². The van der Waals surface area contributed by atoms with Crippen LogP contribution in [-0.2, 0) is 0 Å². The lowest BCUT2D eigenvalue weighted by molar-refractivity contribution is 0.634. The van der Waals surface area contributed by atoms with Gasteiger partial charge in [0.05, 0.1) is 4.70 Å². The van der Waals surface area contributed by atoms with Crippen molar-refractivity contribution in [1.29, 1.82) is 0 Å². The summed E-state index contributed by atoms with van der Waals surface area (Å²) in [5.41, 5.74) is 0. The topological polar surface area (TPSA) is 15.8 Å². The number of hydrogen-bond acceptors (Lipinski definition) is 2. The van der Waals surface area contributed by atoms with Gasteiger partial charge in [-0.25, -0.2) is 4.39 Å². The summed E-state index contributed by atoms with van der Waals surface area (Å²) in [6, 6.07) is 1.74. The first-order chi connectivity index (χ1) is 6.29. The Morgan fingerprint density at radius 3 is 2.77 bits per heavy atom. The highest BCUT2D eigenvalue weighted by atomic mass is 32.1. The van der Waals surface area contributed by atoms with Crippen LogP contribution < -0.4 is 0 Å². The van der Waals surface area contributed by atoms with Crippen LogP contribution in [0.1, 0.15) is 13.8 Å². The molecule has 0 aliphatic rings. The van der Waals surface area contributed by atoms with E-state index in [2.05, 4.69) is 4.98 Å². The predicted molar refractivity (Wildman–Crippen MR) is 58.3 cm³/mol. The lowest BCUT2D eigenvalue weighted by atomic mass is 10.3. The number of hydrogen-bond donors (Lipinski definition) is 1. The number of H-pyrrole nitrogens is 1. The number of pyridine rings is 1. The van der Waals surface area contributed by atoms with Crippen molar-refractivity contribution in [2.75, 3.05) is 0 Å². The van der Waals surface area contributed by atoms with E-state index in [1.807, 2.05) is 19.2 Å². The van der Waals surface area contributed by atoms with Crippen LogP contribution in [0, 0.1) is 10.5 Å². The molecule has 0 aromatic carbocycles. The van der Waals surface area contributed by atoms with Gasteiger partial charge in [0.2, 0.25) is 0 Å². The van der Waals surface area contributed by atoms with Crippen LogP contribution in [0.25, 0.3) is 10.1 Å². The molecule has 4 heteroatoms. The van der Waals surface area contributed by atoms with Crippen molar-refractivity contribution in [1.82, 2.24) is 4.98 Å². The molecule has 0 radical (unpaired) electrons. The molecule has 0 saturated heterocycles. The zero-order valence-corrected chi connectivity index (χ0v) is 9.06. The van der Waals surface area contributed by atoms with E-state index < -0.39 is 0 Å². The van der Waals surface area contributed by atoms with Crippen LogP contribution in [0.4, 0.5) is 4.39 Å². The Hall–Kier alpha value is -0.740. The Morgan fingerprint density at radius 1 is 1.46 bits per heavy atom. The fourth-order valence-electron chi connectivity index (χ4n) is 0.945. The molecule has 0 aliphatic carbocycles. The van der Waals surface area contributed by atoms with Crippen LogP contribution in [0.5, 0.6) is 0 Å². The van der Waals surface area contributed by atoms with E-state index in [-0.39, 0.29) is 5.82 Å². The van der Waals surface area contributed by atoms with Gasteiger partial charge < -0.3 is 4.98 Å². The molecule has 0 saturated carbocycles. The van der Waals surface area contributed by atoms with Gasteiger partial charge in [-0.15, -0.1) is 11.3 Å². The van der Waals surface area contributed by atoms with E-state index in [1.165, 1.54) is 17.5 Å². The van der Waals surface area contributed by atoms with Gasteiger partial charge in [-0.2, -0.15) is 0 Å². The summed E-state index contributed by atoms with van der Waals surface area (Å²) < 4.78 is 14.4. The minimum Gasteiger partial charge on any atom is -0.349 e. The summed E-state index contributed by atoms with van der Waals surface area (Å²) in [7, 11) is 0. The molecule has 0 spiro atoms.